The van der Waals surface area contributed by atoms with Crippen LogP contribution in [-0.4, -0.2) is 47.5 Å². The lowest BCUT2D eigenvalue weighted by Crippen LogP contribution is -2.46. The molecule has 0 spiro atoms. The van der Waals surface area contributed by atoms with Crippen molar-refractivity contribution in [2.75, 3.05) is 32.7 Å². The molecule has 0 saturated carbocycles. The normalized spacial score (nSPS) is 17.0. The van der Waals surface area contributed by atoms with E-state index >= 15 is 0 Å². The quantitative estimate of drug-likeness (QED) is 0.820. The molecule has 0 aliphatic carbocycles. The van der Waals surface area contributed by atoms with Crippen molar-refractivity contribution < 1.29 is 4.42 Å². The van der Waals surface area contributed by atoms with Crippen molar-refractivity contribution in [3.63, 3.8) is 0 Å². The van der Waals surface area contributed by atoms with E-state index in [1.54, 1.807) is 0 Å². The Morgan fingerprint density at radius 2 is 1.74 bits per heavy atom. The predicted octanol–water partition coefficient (Wildman–Crippen LogP) is 3.16. The smallest absolute Gasteiger partial charge is 0.196 e. The second-order valence-corrected chi connectivity index (χ2v) is 6.69. The summed E-state index contributed by atoms with van der Waals surface area (Å²) >= 11 is 0. The topological polar surface area (TPSA) is 32.5 Å². The number of rotatable bonds is 6. The third kappa shape index (κ3) is 4.66. The molecule has 0 radical (unpaired) electrons. The van der Waals surface area contributed by atoms with Crippen LogP contribution in [0.5, 0.6) is 0 Å². The fraction of sp³-hybridized carbons (Fsp3) is 0.526. The summed E-state index contributed by atoms with van der Waals surface area (Å²) in [5.74, 6) is 1.21. The predicted molar refractivity (Wildman–Crippen MR) is 92.5 cm³/mol. The molecule has 4 heteroatoms. The molecule has 0 amide bonds. The van der Waals surface area contributed by atoms with Crippen LogP contribution in [0.3, 0.4) is 0 Å². The third-order valence-corrected chi connectivity index (χ3v) is 4.47. The zero-order chi connectivity index (χ0) is 16.1. The van der Waals surface area contributed by atoms with E-state index in [4.69, 9.17) is 4.42 Å². The van der Waals surface area contributed by atoms with Crippen molar-refractivity contribution in [3.05, 3.63) is 53.7 Å². The molecule has 0 N–H and O–H groups in total. The number of oxazole rings is 1. The summed E-state index contributed by atoms with van der Waals surface area (Å²) in [5, 5.41) is 0. The van der Waals surface area contributed by atoms with Crippen molar-refractivity contribution >= 4 is 0 Å². The number of aromatic nitrogens is 1. The average molecular weight is 313 g/mol. The lowest BCUT2D eigenvalue weighted by molar-refractivity contribution is 0.127. The number of nitrogens with zero attached hydrogens (tertiary/aromatic N) is 3. The molecule has 1 aliphatic heterocycles. The van der Waals surface area contributed by atoms with Gasteiger partial charge in [0.1, 0.15) is 6.26 Å². The van der Waals surface area contributed by atoms with Crippen LogP contribution in [0.15, 0.2) is 41.0 Å². The van der Waals surface area contributed by atoms with E-state index in [0.717, 1.165) is 57.3 Å². The van der Waals surface area contributed by atoms with E-state index in [9.17, 15) is 0 Å². The second kappa shape index (κ2) is 7.75. The Morgan fingerprint density at radius 3 is 2.39 bits per heavy atom. The first-order chi connectivity index (χ1) is 11.2. The number of benzene rings is 1. The minimum Gasteiger partial charge on any atom is -0.448 e. The van der Waals surface area contributed by atoms with E-state index in [1.807, 2.05) is 6.26 Å². The van der Waals surface area contributed by atoms with Gasteiger partial charge >= 0.3 is 0 Å². The van der Waals surface area contributed by atoms with Gasteiger partial charge in [-0.25, -0.2) is 4.98 Å². The van der Waals surface area contributed by atoms with Crippen LogP contribution in [0.25, 0.3) is 0 Å². The highest BCUT2D eigenvalue weighted by Gasteiger charge is 2.18. The van der Waals surface area contributed by atoms with Crippen LogP contribution < -0.4 is 0 Å². The Labute approximate surface area is 139 Å². The molecule has 1 aliphatic rings. The minimum atomic E-state index is 0.360. The Morgan fingerprint density at radius 1 is 1.04 bits per heavy atom. The van der Waals surface area contributed by atoms with Crippen LogP contribution in [0.4, 0.5) is 0 Å². The molecule has 23 heavy (non-hydrogen) atoms. The zero-order valence-corrected chi connectivity index (χ0v) is 14.2. The molecule has 0 atom stereocenters. The first-order valence-corrected chi connectivity index (χ1v) is 8.63. The summed E-state index contributed by atoms with van der Waals surface area (Å²) in [5.41, 5.74) is 2.49. The summed E-state index contributed by atoms with van der Waals surface area (Å²) in [6, 6.07) is 10.8. The van der Waals surface area contributed by atoms with Crippen molar-refractivity contribution in [2.45, 2.75) is 32.7 Å². The van der Waals surface area contributed by atoms with E-state index in [-0.39, 0.29) is 0 Å². The van der Waals surface area contributed by atoms with Crippen LogP contribution >= 0.6 is 0 Å². The van der Waals surface area contributed by atoms with Crippen molar-refractivity contribution in [2.24, 2.45) is 0 Å². The molecule has 1 fully saturated rings. The standard InChI is InChI=1S/C19H27N3O/c1-16(2)19-20-18(15-23-19)14-22-12-10-21(11-13-22)9-8-17-6-4-3-5-7-17/h3-7,15-16H,8-14H2,1-2H3. The van der Waals surface area contributed by atoms with E-state index in [0.29, 0.717) is 5.92 Å². The SMILES string of the molecule is CC(C)c1nc(CN2CCN(CCc3ccccc3)CC2)co1. The van der Waals surface area contributed by atoms with Crippen LogP contribution in [0.1, 0.15) is 36.9 Å². The highest BCUT2D eigenvalue weighted by molar-refractivity contribution is 5.14. The Hall–Kier alpha value is -1.65. The van der Waals surface area contributed by atoms with E-state index in [1.165, 1.54) is 5.56 Å². The van der Waals surface area contributed by atoms with Gasteiger partial charge in [-0.2, -0.15) is 0 Å². The molecule has 0 bridgehead atoms. The highest BCUT2D eigenvalue weighted by atomic mass is 16.3. The number of piperazine rings is 1. The lowest BCUT2D eigenvalue weighted by atomic mass is 10.1. The van der Waals surface area contributed by atoms with Gasteiger partial charge in [0.25, 0.3) is 0 Å². The van der Waals surface area contributed by atoms with Crippen LogP contribution in [-0.2, 0) is 13.0 Å². The van der Waals surface area contributed by atoms with Gasteiger partial charge < -0.3 is 9.32 Å². The monoisotopic (exact) mass is 313 g/mol. The first kappa shape index (κ1) is 16.2. The molecule has 124 valence electrons. The maximum absolute atomic E-state index is 5.53. The second-order valence-electron chi connectivity index (χ2n) is 6.69. The first-order valence-electron chi connectivity index (χ1n) is 8.63. The van der Waals surface area contributed by atoms with E-state index < -0.39 is 0 Å². The molecule has 2 heterocycles. The van der Waals surface area contributed by atoms with Crippen molar-refractivity contribution in [3.8, 4) is 0 Å². The molecule has 1 aromatic heterocycles. The largest absolute Gasteiger partial charge is 0.448 e. The third-order valence-electron chi connectivity index (χ3n) is 4.47. The molecule has 1 aromatic carbocycles. The van der Waals surface area contributed by atoms with Gasteiger partial charge in [-0.05, 0) is 12.0 Å². The molecular formula is C19H27N3O. The summed E-state index contributed by atoms with van der Waals surface area (Å²) in [6.07, 6.45) is 2.96. The van der Waals surface area contributed by atoms with Gasteiger partial charge in [-0.15, -0.1) is 0 Å². The number of hydrogen-bond acceptors (Lipinski definition) is 4. The Balaban J connectivity index is 1.41. The highest BCUT2D eigenvalue weighted by Crippen LogP contribution is 2.15. The summed E-state index contributed by atoms with van der Waals surface area (Å²) in [7, 11) is 0. The van der Waals surface area contributed by atoms with Crippen molar-refractivity contribution in [1.82, 2.24) is 14.8 Å². The van der Waals surface area contributed by atoms with Gasteiger partial charge in [0.15, 0.2) is 5.89 Å². The maximum Gasteiger partial charge on any atom is 0.196 e. The fourth-order valence-electron chi connectivity index (χ4n) is 2.99. The van der Waals surface area contributed by atoms with Crippen molar-refractivity contribution in [1.29, 1.82) is 0 Å². The molecule has 0 unspecified atom stereocenters. The maximum atomic E-state index is 5.53. The molecule has 3 rings (SSSR count). The fourth-order valence-corrected chi connectivity index (χ4v) is 2.99. The summed E-state index contributed by atoms with van der Waals surface area (Å²) in [6.45, 7) is 10.8. The summed E-state index contributed by atoms with van der Waals surface area (Å²) in [4.78, 5) is 9.61. The zero-order valence-electron chi connectivity index (χ0n) is 14.2. The molecular weight excluding hydrogens is 286 g/mol. The van der Waals surface area contributed by atoms with E-state index in [2.05, 4.69) is 59.0 Å². The molecule has 4 nitrogen and oxygen atoms in total. The minimum absolute atomic E-state index is 0.360. The van der Waals surface area contributed by atoms with Crippen LogP contribution in [0.2, 0.25) is 0 Å². The average Bonchev–Trinajstić information content (AvgIpc) is 3.04. The molecule has 2 aromatic rings. The van der Waals surface area contributed by atoms with Gasteiger partial charge in [0, 0.05) is 45.2 Å². The number of hydrogen-bond donors (Lipinski definition) is 0. The van der Waals surface area contributed by atoms with Gasteiger partial charge in [0.05, 0.1) is 5.69 Å². The Kier molecular flexibility index (Phi) is 5.47. The Bertz CT molecular complexity index is 586. The lowest BCUT2D eigenvalue weighted by Gasteiger charge is -2.34. The van der Waals surface area contributed by atoms with Crippen LogP contribution in [0, 0.1) is 0 Å². The summed E-state index contributed by atoms with van der Waals surface area (Å²) < 4.78 is 5.53. The van der Waals surface area contributed by atoms with Gasteiger partial charge in [-0.1, -0.05) is 44.2 Å². The molecule has 1 saturated heterocycles. The van der Waals surface area contributed by atoms with Gasteiger partial charge in [-0.3, -0.25) is 4.90 Å². The van der Waals surface area contributed by atoms with Gasteiger partial charge in [0.2, 0.25) is 0 Å².